The van der Waals surface area contributed by atoms with Crippen LogP contribution in [0.3, 0.4) is 0 Å². The summed E-state index contributed by atoms with van der Waals surface area (Å²) in [4.78, 5) is 10.5. The lowest BCUT2D eigenvalue weighted by Crippen LogP contribution is -2.36. The summed E-state index contributed by atoms with van der Waals surface area (Å²) in [7, 11) is 0. The Morgan fingerprint density at radius 3 is 2.80 bits per heavy atom. The lowest BCUT2D eigenvalue weighted by atomic mass is 10.0. The van der Waals surface area contributed by atoms with Gasteiger partial charge < -0.3 is 5.11 Å². The molecule has 58 valence electrons. The molecule has 2 nitrogen and oxygen atoms in total. The first-order chi connectivity index (χ1) is 4.75. The summed E-state index contributed by atoms with van der Waals surface area (Å²) >= 11 is 1.79. The Labute approximate surface area is 65.0 Å². The summed E-state index contributed by atoms with van der Waals surface area (Å²) < 4.78 is 0. The minimum absolute atomic E-state index is 0.0510. The number of hydrogen-bond acceptors (Lipinski definition) is 2. The zero-order valence-corrected chi connectivity index (χ0v) is 6.86. The van der Waals surface area contributed by atoms with Gasteiger partial charge in [0.1, 0.15) is 0 Å². The van der Waals surface area contributed by atoms with Crippen molar-refractivity contribution in [1.29, 1.82) is 0 Å². The van der Waals surface area contributed by atoms with E-state index in [1.165, 1.54) is 0 Å². The number of hydrogen-bond donors (Lipinski definition) is 1. The van der Waals surface area contributed by atoms with E-state index in [2.05, 4.69) is 6.92 Å². The van der Waals surface area contributed by atoms with Gasteiger partial charge in [-0.25, -0.2) is 0 Å². The number of carbonyl (C=O) groups is 1. The first-order valence-electron chi connectivity index (χ1n) is 3.60. The Morgan fingerprint density at radius 2 is 2.50 bits per heavy atom. The fraction of sp³-hybridized carbons (Fsp3) is 0.857. The maximum Gasteiger partial charge on any atom is 0.308 e. The predicted octanol–water partition coefficient (Wildman–Crippen LogP) is 1.60. The second-order valence-electron chi connectivity index (χ2n) is 2.61. The van der Waals surface area contributed by atoms with Gasteiger partial charge in [-0.1, -0.05) is 13.3 Å². The molecule has 10 heavy (non-hydrogen) atoms. The van der Waals surface area contributed by atoms with Gasteiger partial charge in [-0.15, -0.1) is 0 Å². The van der Waals surface area contributed by atoms with Crippen LogP contribution in [0.5, 0.6) is 0 Å². The molecule has 1 aliphatic heterocycles. The number of aliphatic carboxylic acids is 1. The second-order valence-corrected chi connectivity index (χ2v) is 3.88. The third kappa shape index (κ3) is 1.45. The van der Waals surface area contributed by atoms with Gasteiger partial charge in [0.15, 0.2) is 0 Å². The predicted molar refractivity (Wildman–Crippen MR) is 42.3 cm³/mol. The highest BCUT2D eigenvalue weighted by Crippen LogP contribution is 2.37. The summed E-state index contributed by atoms with van der Waals surface area (Å²) in [5.41, 5.74) is 0. The molecule has 0 aromatic carbocycles. The lowest BCUT2D eigenvalue weighted by Gasteiger charge is -2.32. The number of rotatable bonds is 3. The standard InChI is InChI=1S/C7H12O2S/c1-2-3-6-5(4-10-6)7(8)9/h5-6H,2-4H2,1H3,(H,8,9). The summed E-state index contributed by atoms with van der Waals surface area (Å²) in [5, 5.41) is 9.02. The third-order valence-electron chi connectivity index (χ3n) is 1.83. The molecule has 1 N–H and O–H groups in total. The smallest absolute Gasteiger partial charge is 0.308 e. The molecule has 1 rings (SSSR count). The van der Waals surface area contributed by atoms with Gasteiger partial charge in [-0.3, -0.25) is 4.79 Å². The van der Waals surface area contributed by atoms with Crippen LogP contribution in [0, 0.1) is 5.92 Å². The van der Waals surface area contributed by atoms with Crippen LogP contribution in [0.25, 0.3) is 0 Å². The van der Waals surface area contributed by atoms with Crippen LogP contribution in [0.1, 0.15) is 19.8 Å². The molecule has 0 saturated carbocycles. The van der Waals surface area contributed by atoms with Gasteiger partial charge in [0, 0.05) is 11.0 Å². The van der Waals surface area contributed by atoms with E-state index < -0.39 is 5.97 Å². The van der Waals surface area contributed by atoms with Gasteiger partial charge in [0.05, 0.1) is 5.92 Å². The van der Waals surface area contributed by atoms with Crippen molar-refractivity contribution in [3.63, 3.8) is 0 Å². The van der Waals surface area contributed by atoms with Gasteiger partial charge in [-0.05, 0) is 6.42 Å². The van der Waals surface area contributed by atoms with Crippen molar-refractivity contribution in [3.8, 4) is 0 Å². The Morgan fingerprint density at radius 1 is 1.80 bits per heavy atom. The average Bonchev–Trinajstić information content (AvgIpc) is 1.78. The fourth-order valence-electron chi connectivity index (χ4n) is 1.13. The van der Waals surface area contributed by atoms with E-state index in [-0.39, 0.29) is 5.92 Å². The maximum atomic E-state index is 10.5. The van der Waals surface area contributed by atoms with Crippen LogP contribution in [-0.2, 0) is 4.79 Å². The van der Waals surface area contributed by atoms with Crippen LogP contribution in [0.15, 0.2) is 0 Å². The summed E-state index contributed by atoms with van der Waals surface area (Å²) in [6.45, 7) is 2.10. The number of thioether (sulfide) groups is 1. The molecule has 0 aromatic heterocycles. The topological polar surface area (TPSA) is 37.3 Å². The largest absolute Gasteiger partial charge is 0.481 e. The first kappa shape index (κ1) is 7.92. The van der Waals surface area contributed by atoms with Crippen molar-refractivity contribution in [2.45, 2.75) is 25.0 Å². The molecule has 2 atom stereocenters. The molecule has 0 aromatic rings. The van der Waals surface area contributed by atoms with E-state index in [1.807, 2.05) is 0 Å². The van der Waals surface area contributed by atoms with Crippen LogP contribution in [0.4, 0.5) is 0 Å². The van der Waals surface area contributed by atoms with E-state index in [9.17, 15) is 4.79 Å². The minimum atomic E-state index is -0.614. The summed E-state index contributed by atoms with van der Waals surface area (Å²) in [6.07, 6.45) is 2.16. The van der Waals surface area contributed by atoms with Crippen molar-refractivity contribution in [1.82, 2.24) is 0 Å². The van der Waals surface area contributed by atoms with E-state index in [0.717, 1.165) is 18.6 Å². The second kappa shape index (κ2) is 3.28. The number of carboxylic acid groups (broad SMARTS) is 1. The van der Waals surface area contributed by atoms with Gasteiger partial charge in [0.25, 0.3) is 0 Å². The van der Waals surface area contributed by atoms with Crippen LogP contribution < -0.4 is 0 Å². The van der Waals surface area contributed by atoms with Crippen LogP contribution in [-0.4, -0.2) is 22.1 Å². The molecule has 1 saturated heterocycles. The molecule has 0 amide bonds. The molecule has 0 radical (unpaired) electrons. The minimum Gasteiger partial charge on any atom is -0.481 e. The molecule has 1 fully saturated rings. The van der Waals surface area contributed by atoms with E-state index in [1.54, 1.807) is 11.8 Å². The third-order valence-corrected chi connectivity index (χ3v) is 3.37. The molecule has 3 heteroatoms. The SMILES string of the molecule is CCCC1SCC1C(=O)O. The highest BCUT2D eigenvalue weighted by atomic mass is 32.2. The zero-order valence-electron chi connectivity index (χ0n) is 6.04. The van der Waals surface area contributed by atoms with Crippen molar-refractivity contribution >= 4 is 17.7 Å². The Kier molecular flexibility index (Phi) is 2.60. The van der Waals surface area contributed by atoms with E-state index in [0.29, 0.717) is 5.25 Å². The molecule has 1 aliphatic rings. The Hall–Kier alpha value is -0.180. The molecule has 0 aliphatic carbocycles. The Balaban J connectivity index is 2.28. The van der Waals surface area contributed by atoms with Crippen LogP contribution in [0.2, 0.25) is 0 Å². The Bertz CT molecular complexity index is 136. The monoisotopic (exact) mass is 160 g/mol. The highest BCUT2D eigenvalue weighted by molar-refractivity contribution is 8.01. The molecule has 0 spiro atoms. The molecule has 1 heterocycles. The average molecular weight is 160 g/mol. The zero-order chi connectivity index (χ0) is 7.56. The van der Waals surface area contributed by atoms with Crippen LogP contribution >= 0.6 is 11.8 Å². The quantitative estimate of drug-likeness (QED) is 0.681. The van der Waals surface area contributed by atoms with Gasteiger partial charge >= 0.3 is 5.97 Å². The maximum absolute atomic E-state index is 10.5. The molecule has 0 bridgehead atoms. The summed E-state index contributed by atoms with van der Waals surface area (Å²) in [5.74, 6) is 0.155. The molecule has 2 unspecified atom stereocenters. The van der Waals surface area contributed by atoms with Crippen molar-refractivity contribution in [2.75, 3.05) is 5.75 Å². The first-order valence-corrected chi connectivity index (χ1v) is 4.65. The van der Waals surface area contributed by atoms with Crippen molar-refractivity contribution in [2.24, 2.45) is 5.92 Å². The highest BCUT2D eigenvalue weighted by Gasteiger charge is 2.36. The molecular weight excluding hydrogens is 148 g/mol. The lowest BCUT2D eigenvalue weighted by molar-refractivity contribution is -0.141. The van der Waals surface area contributed by atoms with Gasteiger partial charge in [-0.2, -0.15) is 11.8 Å². The van der Waals surface area contributed by atoms with E-state index >= 15 is 0 Å². The van der Waals surface area contributed by atoms with E-state index in [4.69, 9.17) is 5.11 Å². The van der Waals surface area contributed by atoms with Gasteiger partial charge in [0.2, 0.25) is 0 Å². The molecular formula is C7H12O2S. The summed E-state index contributed by atoms with van der Waals surface area (Å²) in [6, 6.07) is 0. The fourth-order valence-corrected chi connectivity index (χ4v) is 2.45. The van der Waals surface area contributed by atoms with Crippen molar-refractivity contribution in [3.05, 3.63) is 0 Å². The van der Waals surface area contributed by atoms with Crippen molar-refractivity contribution < 1.29 is 9.90 Å². The normalized spacial score (nSPS) is 31.3. The number of carboxylic acids is 1.